The van der Waals surface area contributed by atoms with Gasteiger partial charge in [-0.05, 0) is 5.56 Å². The molecule has 1 aliphatic rings. The number of carbonyl (C=O) groups is 1. The van der Waals surface area contributed by atoms with Crippen LogP contribution in [0.3, 0.4) is 0 Å². The maximum absolute atomic E-state index is 11.0. The summed E-state index contributed by atoms with van der Waals surface area (Å²) >= 11 is 3.48. The van der Waals surface area contributed by atoms with Gasteiger partial charge in [-0.1, -0.05) is 46.3 Å². The molecule has 1 amide bonds. The molecule has 98 valence electrons. The quantitative estimate of drug-likeness (QED) is 0.871. The lowest BCUT2D eigenvalue weighted by Gasteiger charge is -2.39. The Morgan fingerprint density at radius 3 is 2.67 bits per heavy atom. The number of hydrogen-bond donors (Lipinski definition) is 1. The Kier molecular flexibility index (Phi) is 4.60. The molecule has 0 unspecified atom stereocenters. The van der Waals surface area contributed by atoms with Crippen LogP contribution in [0.5, 0.6) is 0 Å². The van der Waals surface area contributed by atoms with E-state index in [1.54, 1.807) is 0 Å². The molecule has 0 spiro atoms. The van der Waals surface area contributed by atoms with E-state index in [1.165, 1.54) is 10.5 Å². The van der Waals surface area contributed by atoms with Gasteiger partial charge in [0.05, 0.1) is 0 Å². The first-order valence-corrected chi connectivity index (χ1v) is 7.14. The van der Waals surface area contributed by atoms with Gasteiger partial charge in [0.1, 0.15) is 0 Å². The molecule has 2 rings (SSSR count). The van der Waals surface area contributed by atoms with Gasteiger partial charge in [-0.15, -0.1) is 0 Å². The second-order valence-corrected chi connectivity index (χ2v) is 5.14. The van der Waals surface area contributed by atoms with Crippen molar-refractivity contribution in [3.63, 3.8) is 0 Å². The number of carboxylic acid groups (broad SMARTS) is 1. The van der Waals surface area contributed by atoms with Crippen LogP contribution >= 0.6 is 15.9 Å². The normalized spacial score (nSPS) is 20.9. The first kappa shape index (κ1) is 13.4. The Bertz CT molecular complexity index is 399. The predicted octanol–water partition coefficient (Wildman–Crippen LogP) is 2.25. The predicted molar refractivity (Wildman–Crippen MR) is 74.0 cm³/mol. The lowest BCUT2D eigenvalue weighted by Crippen LogP contribution is -2.54. The molecule has 0 aromatic heterocycles. The first-order chi connectivity index (χ1) is 8.70. The van der Waals surface area contributed by atoms with Gasteiger partial charge in [0.15, 0.2) is 0 Å². The fraction of sp³-hybridized carbons (Fsp3) is 0.462. The van der Waals surface area contributed by atoms with Crippen molar-refractivity contribution in [3.05, 3.63) is 35.9 Å². The van der Waals surface area contributed by atoms with E-state index in [2.05, 4.69) is 33.0 Å². The molecule has 1 fully saturated rings. The third kappa shape index (κ3) is 3.23. The first-order valence-electron chi connectivity index (χ1n) is 6.02. The lowest BCUT2D eigenvalue weighted by atomic mass is 10.1. The molecule has 1 saturated heterocycles. The van der Waals surface area contributed by atoms with E-state index in [0.717, 1.165) is 18.4 Å². The second kappa shape index (κ2) is 6.20. The van der Waals surface area contributed by atoms with Crippen molar-refractivity contribution < 1.29 is 9.90 Å². The molecule has 18 heavy (non-hydrogen) atoms. The van der Waals surface area contributed by atoms with Crippen LogP contribution in [0.4, 0.5) is 4.79 Å². The summed E-state index contributed by atoms with van der Waals surface area (Å²) in [5.41, 5.74) is 1.27. The maximum Gasteiger partial charge on any atom is 0.407 e. The highest BCUT2D eigenvalue weighted by atomic mass is 79.9. The number of hydrogen-bond acceptors (Lipinski definition) is 2. The average molecular weight is 313 g/mol. The molecular weight excluding hydrogens is 296 g/mol. The minimum Gasteiger partial charge on any atom is -0.465 e. The van der Waals surface area contributed by atoms with E-state index in [9.17, 15) is 4.79 Å². The highest BCUT2D eigenvalue weighted by Crippen LogP contribution is 2.15. The lowest BCUT2D eigenvalue weighted by molar-refractivity contribution is 0.0734. The summed E-state index contributed by atoms with van der Waals surface area (Å²) < 4.78 is 0. The van der Waals surface area contributed by atoms with Crippen LogP contribution in [0.25, 0.3) is 0 Å². The molecule has 1 heterocycles. The zero-order valence-electron chi connectivity index (χ0n) is 10.1. The minimum atomic E-state index is -0.819. The Labute approximate surface area is 115 Å². The van der Waals surface area contributed by atoms with Gasteiger partial charge in [-0.2, -0.15) is 0 Å². The smallest absolute Gasteiger partial charge is 0.407 e. The Morgan fingerprint density at radius 2 is 2.06 bits per heavy atom. The highest BCUT2D eigenvalue weighted by Gasteiger charge is 2.28. The summed E-state index contributed by atoms with van der Waals surface area (Å²) in [6, 6.07) is 10.5. The number of amides is 1. The van der Waals surface area contributed by atoms with E-state index in [1.807, 2.05) is 18.2 Å². The van der Waals surface area contributed by atoms with Crippen molar-refractivity contribution in [3.8, 4) is 0 Å². The molecule has 1 N–H and O–H groups in total. The molecule has 4 nitrogen and oxygen atoms in total. The van der Waals surface area contributed by atoms with Gasteiger partial charge in [0.2, 0.25) is 0 Å². The highest BCUT2D eigenvalue weighted by molar-refractivity contribution is 9.09. The van der Waals surface area contributed by atoms with E-state index in [-0.39, 0.29) is 6.04 Å². The van der Waals surface area contributed by atoms with Crippen molar-refractivity contribution in [2.24, 2.45) is 0 Å². The van der Waals surface area contributed by atoms with Crippen molar-refractivity contribution in [1.29, 1.82) is 0 Å². The third-order valence-electron chi connectivity index (χ3n) is 3.28. The number of rotatable bonds is 3. The second-order valence-electron chi connectivity index (χ2n) is 4.49. The van der Waals surface area contributed by atoms with Gasteiger partial charge in [0, 0.05) is 37.6 Å². The summed E-state index contributed by atoms with van der Waals surface area (Å²) in [7, 11) is 0. The summed E-state index contributed by atoms with van der Waals surface area (Å²) in [6.45, 7) is 2.83. The number of nitrogens with zero attached hydrogens (tertiary/aromatic N) is 2. The summed E-state index contributed by atoms with van der Waals surface area (Å²) in [4.78, 5) is 14.8. The zero-order valence-corrected chi connectivity index (χ0v) is 11.7. The van der Waals surface area contributed by atoms with Crippen LogP contribution in [0.15, 0.2) is 30.3 Å². The molecule has 0 bridgehead atoms. The largest absolute Gasteiger partial charge is 0.465 e. The monoisotopic (exact) mass is 312 g/mol. The standard InChI is InChI=1S/C13H17BrN2O2/c14-8-12-10-16(13(17)18)7-6-15(12)9-11-4-2-1-3-5-11/h1-5,12H,6-10H2,(H,17,18)/t12-/m1/s1. The van der Waals surface area contributed by atoms with Crippen LogP contribution in [0, 0.1) is 0 Å². The molecule has 1 aromatic carbocycles. The fourth-order valence-corrected chi connectivity index (χ4v) is 2.85. The molecule has 0 radical (unpaired) electrons. The van der Waals surface area contributed by atoms with Crippen molar-refractivity contribution in [2.45, 2.75) is 12.6 Å². The van der Waals surface area contributed by atoms with E-state index >= 15 is 0 Å². The number of piperazine rings is 1. The van der Waals surface area contributed by atoms with Gasteiger partial charge in [-0.25, -0.2) is 4.79 Å². The Balaban J connectivity index is 1.99. The van der Waals surface area contributed by atoms with Crippen LogP contribution in [-0.4, -0.2) is 52.0 Å². The molecule has 0 saturated carbocycles. The SMILES string of the molecule is O=C(O)N1CCN(Cc2ccccc2)[C@H](CBr)C1. The molecular formula is C13H17BrN2O2. The third-order valence-corrected chi connectivity index (χ3v) is 4.03. The van der Waals surface area contributed by atoms with Gasteiger partial charge in [-0.3, -0.25) is 4.90 Å². The van der Waals surface area contributed by atoms with Crippen LogP contribution in [0.1, 0.15) is 5.56 Å². The maximum atomic E-state index is 11.0. The van der Waals surface area contributed by atoms with Crippen molar-refractivity contribution >= 4 is 22.0 Å². The number of alkyl halides is 1. The zero-order chi connectivity index (χ0) is 13.0. The van der Waals surface area contributed by atoms with Gasteiger partial charge in [0.25, 0.3) is 0 Å². The average Bonchev–Trinajstić information content (AvgIpc) is 2.40. The van der Waals surface area contributed by atoms with Crippen molar-refractivity contribution in [2.75, 3.05) is 25.0 Å². The van der Waals surface area contributed by atoms with Crippen LogP contribution in [-0.2, 0) is 6.54 Å². The molecule has 1 aliphatic heterocycles. The Morgan fingerprint density at radius 1 is 1.33 bits per heavy atom. The number of benzene rings is 1. The van der Waals surface area contributed by atoms with Gasteiger partial charge >= 0.3 is 6.09 Å². The molecule has 0 aliphatic carbocycles. The van der Waals surface area contributed by atoms with Crippen LogP contribution < -0.4 is 0 Å². The van der Waals surface area contributed by atoms with E-state index in [0.29, 0.717) is 13.1 Å². The molecule has 5 heteroatoms. The minimum absolute atomic E-state index is 0.245. The molecule has 1 aromatic rings. The topological polar surface area (TPSA) is 43.8 Å². The van der Waals surface area contributed by atoms with E-state index < -0.39 is 6.09 Å². The Hall–Kier alpha value is -1.07. The van der Waals surface area contributed by atoms with Gasteiger partial charge < -0.3 is 10.0 Å². The number of halogens is 1. The summed E-state index contributed by atoms with van der Waals surface area (Å²) in [5, 5.41) is 9.81. The van der Waals surface area contributed by atoms with E-state index in [4.69, 9.17) is 5.11 Å². The molecule has 1 atom stereocenters. The fourth-order valence-electron chi connectivity index (χ4n) is 2.24. The van der Waals surface area contributed by atoms with Crippen molar-refractivity contribution in [1.82, 2.24) is 9.80 Å². The summed E-state index contributed by atoms with van der Waals surface area (Å²) in [5.74, 6) is 0. The summed E-state index contributed by atoms with van der Waals surface area (Å²) in [6.07, 6.45) is -0.819. The van der Waals surface area contributed by atoms with Crippen LogP contribution in [0.2, 0.25) is 0 Å².